The molecule has 164 valence electrons. The van der Waals surface area contributed by atoms with Crippen LogP contribution in [0.1, 0.15) is 39.1 Å². The second kappa shape index (κ2) is 8.71. The lowest BCUT2D eigenvalue weighted by atomic mass is 10.0. The molecule has 32 heavy (non-hydrogen) atoms. The van der Waals surface area contributed by atoms with Gasteiger partial charge < -0.3 is 4.74 Å². The highest BCUT2D eigenvalue weighted by atomic mass is 32.1. The zero-order valence-electron chi connectivity index (χ0n) is 19.0. The smallest absolute Gasteiger partial charge is 0.263 e. The van der Waals surface area contributed by atoms with Gasteiger partial charge in [0.05, 0.1) is 18.5 Å². The fourth-order valence-electron chi connectivity index (χ4n) is 3.86. The van der Waals surface area contributed by atoms with Crippen LogP contribution in [0.5, 0.6) is 5.75 Å². The topological polar surface area (TPSA) is 61.2 Å². The maximum absolute atomic E-state index is 13.6. The van der Waals surface area contributed by atoms with Crippen molar-refractivity contribution in [1.29, 1.82) is 0 Å². The Labute approximate surface area is 191 Å². The van der Waals surface area contributed by atoms with Gasteiger partial charge in [-0.2, -0.15) is 0 Å². The van der Waals surface area contributed by atoms with Gasteiger partial charge in [0.25, 0.3) is 5.56 Å². The van der Waals surface area contributed by atoms with Gasteiger partial charge in [-0.3, -0.25) is 14.2 Å². The molecule has 2 aromatic carbocycles. The average molecular weight is 447 g/mol. The minimum Gasteiger partial charge on any atom is -0.494 e. The van der Waals surface area contributed by atoms with Crippen LogP contribution in [-0.4, -0.2) is 21.9 Å². The van der Waals surface area contributed by atoms with E-state index in [1.165, 1.54) is 15.9 Å². The summed E-state index contributed by atoms with van der Waals surface area (Å²) in [6, 6.07) is 13.4. The van der Waals surface area contributed by atoms with Crippen molar-refractivity contribution in [2.45, 2.75) is 41.2 Å². The molecular weight excluding hydrogens is 420 g/mol. The summed E-state index contributed by atoms with van der Waals surface area (Å²) >= 11 is 1.50. The van der Waals surface area contributed by atoms with E-state index >= 15 is 0 Å². The number of carbonyl (C=O) groups is 1. The molecule has 0 saturated carbocycles. The first-order valence-corrected chi connectivity index (χ1v) is 11.5. The number of aryl methyl sites for hydroxylation is 4. The van der Waals surface area contributed by atoms with Gasteiger partial charge in [-0.05, 0) is 69.5 Å². The number of thiophene rings is 1. The molecule has 0 bridgehead atoms. The van der Waals surface area contributed by atoms with Crippen LogP contribution in [0.25, 0.3) is 21.3 Å². The van der Waals surface area contributed by atoms with E-state index in [0.29, 0.717) is 28.2 Å². The highest BCUT2D eigenvalue weighted by Crippen LogP contribution is 2.36. The molecule has 0 fully saturated rings. The van der Waals surface area contributed by atoms with Crippen molar-refractivity contribution < 1.29 is 9.53 Å². The summed E-state index contributed by atoms with van der Waals surface area (Å²) in [5.74, 6) is 1.23. The standard InChI is InChI=1S/C26H26N2O3S/c1-6-31-21-11-9-19(10-12-21)23-17(4)32-25-24(23)26(30)28(18(5)27-25)14-22(29)20-8-7-15(2)16(3)13-20/h7-13H,6,14H2,1-5H3. The summed E-state index contributed by atoms with van der Waals surface area (Å²) in [4.78, 5) is 32.9. The van der Waals surface area contributed by atoms with Crippen molar-refractivity contribution in [2.24, 2.45) is 0 Å². The number of rotatable bonds is 6. The molecule has 0 saturated heterocycles. The highest BCUT2D eigenvalue weighted by molar-refractivity contribution is 7.19. The Kier molecular flexibility index (Phi) is 5.98. The summed E-state index contributed by atoms with van der Waals surface area (Å²) in [5.41, 5.74) is 4.42. The summed E-state index contributed by atoms with van der Waals surface area (Å²) in [6.07, 6.45) is 0. The van der Waals surface area contributed by atoms with E-state index in [-0.39, 0.29) is 17.9 Å². The highest BCUT2D eigenvalue weighted by Gasteiger charge is 2.20. The zero-order valence-corrected chi connectivity index (χ0v) is 19.8. The third-order valence-corrected chi connectivity index (χ3v) is 6.76. The Balaban J connectivity index is 1.79. The number of hydrogen-bond acceptors (Lipinski definition) is 5. The van der Waals surface area contributed by atoms with Gasteiger partial charge in [-0.15, -0.1) is 11.3 Å². The summed E-state index contributed by atoms with van der Waals surface area (Å²) < 4.78 is 7.03. The molecule has 0 radical (unpaired) electrons. The third kappa shape index (κ3) is 3.98. The minimum atomic E-state index is -0.182. The van der Waals surface area contributed by atoms with E-state index in [1.54, 1.807) is 6.92 Å². The number of fused-ring (bicyclic) bond motifs is 1. The number of carbonyl (C=O) groups excluding carboxylic acids is 1. The van der Waals surface area contributed by atoms with Crippen molar-refractivity contribution in [3.05, 3.63) is 80.2 Å². The number of ketones is 1. The van der Waals surface area contributed by atoms with Crippen LogP contribution in [0.15, 0.2) is 47.3 Å². The quantitative estimate of drug-likeness (QED) is 0.360. The largest absolute Gasteiger partial charge is 0.494 e. The molecule has 0 aliphatic carbocycles. The second-order valence-electron chi connectivity index (χ2n) is 7.94. The molecule has 0 N–H and O–H groups in total. The van der Waals surface area contributed by atoms with Crippen LogP contribution in [0.4, 0.5) is 0 Å². The van der Waals surface area contributed by atoms with Crippen LogP contribution < -0.4 is 10.3 Å². The van der Waals surface area contributed by atoms with Crippen molar-refractivity contribution in [2.75, 3.05) is 6.61 Å². The van der Waals surface area contributed by atoms with Gasteiger partial charge in [0.15, 0.2) is 5.78 Å². The molecule has 5 nitrogen and oxygen atoms in total. The molecule has 2 heterocycles. The van der Waals surface area contributed by atoms with E-state index in [1.807, 2.05) is 70.2 Å². The van der Waals surface area contributed by atoms with E-state index < -0.39 is 0 Å². The second-order valence-corrected chi connectivity index (χ2v) is 9.15. The van der Waals surface area contributed by atoms with E-state index in [4.69, 9.17) is 4.74 Å². The van der Waals surface area contributed by atoms with Gasteiger partial charge >= 0.3 is 0 Å². The molecule has 0 unspecified atom stereocenters. The van der Waals surface area contributed by atoms with Crippen molar-refractivity contribution in [1.82, 2.24) is 9.55 Å². The molecule has 0 atom stereocenters. The van der Waals surface area contributed by atoms with E-state index in [2.05, 4.69) is 4.98 Å². The molecule has 4 rings (SSSR count). The normalized spacial score (nSPS) is 11.2. The Morgan fingerprint density at radius 2 is 1.75 bits per heavy atom. The zero-order chi connectivity index (χ0) is 23.0. The van der Waals surface area contributed by atoms with Crippen LogP contribution in [0, 0.1) is 27.7 Å². The van der Waals surface area contributed by atoms with Crippen LogP contribution in [-0.2, 0) is 6.54 Å². The Morgan fingerprint density at radius 3 is 2.41 bits per heavy atom. The number of hydrogen-bond donors (Lipinski definition) is 0. The minimum absolute atomic E-state index is 0.0340. The lowest BCUT2D eigenvalue weighted by Crippen LogP contribution is -2.27. The van der Waals surface area contributed by atoms with Crippen molar-refractivity contribution >= 4 is 27.3 Å². The van der Waals surface area contributed by atoms with Gasteiger partial charge in [0.1, 0.15) is 16.4 Å². The first kappa shape index (κ1) is 22.0. The SMILES string of the molecule is CCOc1ccc(-c2c(C)sc3nc(C)n(CC(=O)c4ccc(C)c(C)c4)c(=O)c23)cc1. The van der Waals surface area contributed by atoms with Gasteiger partial charge in [-0.1, -0.05) is 24.3 Å². The molecule has 0 spiro atoms. The molecule has 4 aromatic rings. The fraction of sp³-hybridized carbons (Fsp3) is 0.269. The molecule has 6 heteroatoms. The average Bonchev–Trinajstić information content (AvgIpc) is 3.09. The summed E-state index contributed by atoms with van der Waals surface area (Å²) in [5, 5.41) is 0.565. The van der Waals surface area contributed by atoms with Gasteiger partial charge in [-0.25, -0.2) is 4.98 Å². The predicted octanol–water partition coefficient (Wildman–Crippen LogP) is 5.64. The van der Waals surface area contributed by atoms with E-state index in [0.717, 1.165) is 32.9 Å². The van der Waals surface area contributed by atoms with Crippen LogP contribution in [0.3, 0.4) is 0 Å². The Hall–Kier alpha value is -3.25. The number of benzene rings is 2. The number of nitrogens with zero attached hydrogens (tertiary/aromatic N) is 2. The van der Waals surface area contributed by atoms with Crippen LogP contribution >= 0.6 is 11.3 Å². The Morgan fingerprint density at radius 1 is 1.03 bits per heavy atom. The number of Topliss-reactive ketones (excluding diaryl/α,β-unsaturated/α-hetero) is 1. The van der Waals surface area contributed by atoms with Crippen molar-refractivity contribution in [3.63, 3.8) is 0 Å². The number of ether oxygens (including phenoxy) is 1. The van der Waals surface area contributed by atoms with Gasteiger partial charge in [0, 0.05) is 16.0 Å². The monoisotopic (exact) mass is 446 g/mol. The van der Waals surface area contributed by atoms with Gasteiger partial charge in [0.2, 0.25) is 0 Å². The summed E-state index contributed by atoms with van der Waals surface area (Å²) in [7, 11) is 0. The number of aromatic nitrogens is 2. The molecular formula is C26H26N2O3S. The first-order chi connectivity index (χ1) is 15.3. The van der Waals surface area contributed by atoms with Crippen LogP contribution in [0.2, 0.25) is 0 Å². The molecule has 0 aliphatic heterocycles. The molecule has 2 aromatic heterocycles. The lowest BCUT2D eigenvalue weighted by Gasteiger charge is -2.11. The first-order valence-electron chi connectivity index (χ1n) is 10.6. The Bertz CT molecular complexity index is 1380. The predicted molar refractivity (Wildman–Crippen MR) is 130 cm³/mol. The lowest BCUT2D eigenvalue weighted by molar-refractivity contribution is 0.0969. The third-order valence-electron chi connectivity index (χ3n) is 5.76. The van der Waals surface area contributed by atoms with Crippen molar-refractivity contribution in [3.8, 4) is 16.9 Å². The molecule has 0 amide bonds. The summed E-state index contributed by atoms with van der Waals surface area (Å²) in [6.45, 7) is 10.3. The van der Waals surface area contributed by atoms with E-state index in [9.17, 15) is 9.59 Å². The molecule has 0 aliphatic rings. The maximum Gasteiger partial charge on any atom is 0.263 e. The fourth-order valence-corrected chi connectivity index (χ4v) is 4.95. The maximum atomic E-state index is 13.6.